The minimum absolute atomic E-state index is 0.0367. The van der Waals surface area contributed by atoms with E-state index in [-0.39, 0.29) is 24.9 Å². The zero-order valence-electron chi connectivity index (χ0n) is 9.70. The number of aliphatic hydroxyl groups is 1. The molecule has 4 nitrogen and oxygen atoms in total. The van der Waals surface area contributed by atoms with Crippen LogP contribution in [0, 0.1) is 12.7 Å². The van der Waals surface area contributed by atoms with Crippen LogP contribution in [0.5, 0.6) is 0 Å². The van der Waals surface area contributed by atoms with Gasteiger partial charge in [0.25, 0.3) is 5.91 Å². The summed E-state index contributed by atoms with van der Waals surface area (Å²) in [5, 5.41) is 11.1. The van der Waals surface area contributed by atoms with E-state index in [0.717, 1.165) is 0 Å². The Balaban J connectivity index is 2.42. The SMILES string of the molecule is Cc1cc(F)ccc1C(=O)NCCOCCO. The summed E-state index contributed by atoms with van der Waals surface area (Å²) in [6.45, 7) is 2.60. The Kier molecular flexibility index (Phi) is 5.59. The lowest BCUT2D eigenvalue weighted by molar-refractivity contribution is 0.0837. The molecule has 0 unspecified atom stereocenters. The van der Waals surface area contributed by atoms with Crippen LogP contribution in [0.25, 0.3) is 0 Å². The Labute approximate surface area is 99.4 Å². The highest BCUT2D eigenvalue weighted by Crippen LogP contribution is 2.09. The van der Waals surface area contributed by atoms with Crippen LogP contribution in [-0.2, 0) is 4.74 Å². The number of benzene rings is 1. The Morgan fingerprint density at radius 2 is 2.24 bits per heavy atom. The van der Waals surface area contributed by atoms with E-state index in [4.69, 9.17) is 9.84 Å². The second-order valence-electron chi connectivity index (χ2n) is 3.55. The van der Waals surface area contributed by atoms with Crippen LogP contribution in [0.2, 0.25) is 0 Å². The molecule has 1 aromatic carbocycles. The van der Waals surface area contributed by atoms with Crippen molar-refractivity contribution in [2.75, 3.05) is 26.4 Å². The molecule has 0 heterocycles. The average Bonchev–Trinajstić information content (AvgIpc) is 2.28. The number of nitrogens with one attached hydrogen (secondary N) is 1. The summed E-state index contributed by atoms with van der Waals surface area (Å²) < 4.78 is 17.8. The molecular formula is C12H16FNO3. The molecular weight excluding hydrogens is 225 g/mol. The first-order valence-corrected chi connectivity index (χ1v) is 5.38. The van der Waals surface area contributed by atoms with Crippen LogP contribution in [0.1, 0.15) is 15.9 Å². The van der Waals surface area contributed by atoms with Crippen molar-refractivity contribution < 1.29 is 19.0 Å². The van der Waals surface area contributed by atoms with Gasteiger partial charge in [0.05, 0.1) is 19.8 Å². The van der Waals surface area contributed by atoms with E-state index in [1.54, 1.807) is 6.92 Å². The summed E-state index contributed by atoms with van der Waals surface area (Å²) in [5.41, 5.74) is 1.05. The van der Waals surface area contributed by atoms with Gasteiger partial charge in [-0.1, -0.05) is 0 Å². The van der Waals surface area contributed by atoms with E-state index < -0.39 is 0 Å². The highest BCUT2D eigenvalue weighted by molar-refractivity contribution is 5.95. The van der Waals surface area contributed by atoms with Crippen LogP contribution in [0.4, 0.5) is 4.39 Å². The van der Waals surface area contributed by atoms with Crippen LogP contribution in [-0.4, -0.2) is 37.4 Å². The minimum Gasteiger partial charge on any atom is -0.394 e. The summed E-state index contributed by atoms with van der Waals surface area (Å²) in [6.07, 6.45) is 0. The summed E-state index contributed by atoms with van der Waals surface area (Å²) in [6, 6.07) is 4.02. The van der Waals surface area contributed by atoms with Gasteiger partial charge in [0, 0.05) is 12.1 Å². The molecule has 2 N–H and O–H groups in total. The number of carbonyl (C=O) groups is 1. The van der Waals surface area contributed by atoms with Crippen molar-refractivity contribution in [3.63, 3.8) is 0 Å². The molecule has 0 saturated heterocycles. The zero-order chi connectivity index (χ0) is 12.7. The molecule has 0 aliphatic carbocycles. The first kappa shape index (κ1) is 13.6. The number of halogens is 1. The van der Waals surface area contributed by atoms with E-state index in [1.165, 1.54) is 18.2 Å². The maximum atomic E-state index is 12.8. The molecule has 1 amide bonds. The molecule has 5 heteroatoms. The second kappa shape index (κ2) is 6.98. The number of aryl methyl sites for hydroxylation is 1. The Hall–Kier alpha value is -1.46. The number of ether oxygens (including phenoxy) is 1. The molecule has 0 bridgehead atoms. The molecule has 0 spiro atoms. The number of rotatable bonds is 6. The van der Waals surface area contributed by atoms with E-state index >= 15 is 0 Å². The van der Waals surface area contributed by atoms with Gasteiger partial charge in [-0.15, -0.1) is 0 Å². The molecule has 0 aliphatic rings. The summed E-state index contributed by atoms with van der Waals surface area (Å²) in [7, 11) is 0. The van der Waals surface area contributed by atoms with Gasteiger partial charge in [-0.2, -0.15) is 0 Å². The Bertz CT molecular complexity index is 382. The number of hydrogen-bond donors (Lipinski definition) is 2. The lowest BCUT2D eigenvalue weighted by Crippen LogP contribution is -2.28. The van der Waals surface area contributed by atoms with E-state index in [9.17, 15) is 9.18 Å². The van der Waals surface area contributed by atoms with Gasteiger partial charge >= 0.3 is 0 Å². The highest BCUT2D eigenvalue weighted by Gasteiger charge is 2.08. The Morgan fingerprint density at radius 3 is 2.88 bits per heavy atom. The first-order chi connectivity index (χ1) is 8.15. The molecule has 0 fully saturated rings. The topological polar surface area (TPSA) is 58.6 Å². The lowest BCUT2D eigenvalue weighted by atomic mass is 10.1. The van der Waals surface area contributed by atoms with Gasteiger partial charge in [-0.05, 0) is 30.7 Å². The first-order valence-electron chi connectivity index (χ1n) is 5.38. The van der Waals surface area contributed by atoms with E-state index in [0.29, 0.717) is 24.3 Å². The minimum atomic E-state index is -0.356. The summed E-state index contributed by atoms with van der Waals surface area (Å²) >= 11 is 0. The van der Waals surface area contributed by atoms with Crippen LogP contribution >= 0.6 is 0 Å². The molecule has 0 saturated carbocycles. The van der Waals surface area contributed by atoms with E-state index in [1.807, 2.05) is 0 Å². The average molecular weight is 241 g/mol. The van der Waals surface area contributed by atoms with Crippen molar-refractivity contribution >= 4 is 5.91 Å². The second-order valence-corrected chi connectivity index (χ2v) is 3.55. The molecule has 0 atom stereocenters. The van der Waals surface area contributed by atoms with Crippen molar-refractivity contribution in [2.24, 2.45) is 0 Å². The van der Waals surface area contributed by atoms with E-state index in [2.05, 4.69) is 5.32 Å². The van der Waals surface area contributed by atoms with Gasteiger partial charge in [0.2, 0.25) is 0 Å². The lowest BCUT2D eigenvalue weighted by Gasteiger charge is -2.07. The van der Waals surface area contributed by atoms with Crippen LogP contribution < -0.4 is 5.32 Å². The monoisotopic (exact) mass is 241 g/mol. The van der Waals surface area contributed by atoms with Crippen molar-refractivity contribution in [1.82, 2.24) is 5.32 Å². The molecule has 0 radical (unpaired) electrons. The molecule has 94 valence electrons. The quantitative estimate of drug-likeness (QED) is 0.727. The van der Waals surface area contributed by atoms with Gasteiger partial charge in [0.1, 0.15) is 5.82 Å². The van der Waals surface area contributed by atoms with Crippen molar-refractivity contribution in [3.8, 4) is 0 Å². The number of hydrogen-bond acceptors (Lipinski definition) is 3. The van der Waals surface area contributed by atoms with Gasteiger partial charge in [-0.3, -0.25) is 4.79 Å². The third-order valence-electron chi connectivity index (χ3n) is 2.20. The molecule has 0 aliphatic heterocycles. The maximum absolute atomic E-state index is 12.8. The number of aliphatic hydroxyl groups excluding tert-OH is 1. The third-order valence-corrected chi connectivity index (χ3v) is 2.20. The fourth-order valence-electron chi connectivity index (χ4n) is 1.38. The molecule has 1 aromatic rings. The fourth-order valence-corrected chi connectivity index (χ4v) is 1.38. The van der Waals surface area contributed by atoms with Crippen molar-refractivity contribution in [2.45, 2.75) is 6.92 Å². The molecule has 1 rings (SSSR count). The van der Waals surface area contributed by atoms with Crippen molar-refractivity contribution in [1.29, 1.82) is 0 Å². The Morgan fingerprint density at radius 1 is 1.47 bits per heavy atom. The van der Waals surface area contributed by atoms with Gasteiger partial charge < -0.3 is 15.2 Å². The van der Waals surface area contributed by atoms with Gasteiger partial charge in [0.15, 0.2) is 0 Å². The third kappa shape index (κ3) is 4.50. The standard InChI is InChI=1S/C12H16FNO3/c1-9-8-10(13)2-3-11(9)12(16)14-4-6-17-7-5-15/h2-3,8,15H,4-7H2,1H3,(H,14,16). The highest BCUT2D eigenvalue weighted by atomic mass is 19.1. The van der Waals surface area contributed by atoms with Crippen LogP contribution in [0.3, 0.4) is 0 Å². The van der Waals surface area contributed by atoms with Crippen molar-refractivity contribution in [3.05, 3.63) is 35.1 Å². The smallest absolute Gasteiger partial charge is 0.251 e. The predicted molar refractivity (Wildman–Crippen MR) is 61.4 cm³/mol. The normalized spacial score (nSPS) is 10.3. The zero-order valence-corrected chi connectivity index (χ0v) is 9.70. The predicted octanol–water partition coefficient (Wildman–Crippen LogP) is 0.873. The number of amides is 1. The summed E-state index contributed by atoms with van der Waals surface area (Å²) in [4.78, 5) is 11.7. The molecule has 0 aromatic heterocycles. The van der Waals surface area contributed by atoms with Crippen LogP contribution in [0.15, 0.2) is 18.2 Å². The largest absolute Gasteiger partial charge is 0.394 e. The van der Waals surface area contributed by atoms with Gasteiger partial charge in [-0.25, -0.2) is 4.39 Å². The maximum Gasteiger partial charge on any atom is 0.251 e. The number of carbonyl (C=O) groups excluding carboxylic acids is 1. The molecule has 17 heavy (non-hydrogen) atoms. The fraction of sp³-hybridized carbons (Fsp3) is 0.417. The summed E-state index contributed by atoms with van der Waals surface area (Å²) in [5.74, 6) is -0.611.